The second kappa shape index (κ2) is 5.67. The Balaban J connectivity index is 0.00000144. The van der Waals surface area contributed by atoms with Gasteiger partial charge in [0, 0.05) is 35.9 Å². The zero-order chi connectivity index (χ0) is 11.8. The summed E-state index contributed by atoms with van der Waals surface area (Å²) >= 11 is 1.54. The first-order valence-corrected chi connectivity index (χ1v) is 7.55. The zero-order valence-corrected chi connectivity index (χ0v) is 12.3. The molecule has 1 saturated heterocycles. The van der Waals surface area contributed by atoms with Crippen LogP contribution in [-0.2, 0) is 10.0 Å². The van der Waals surface area contributed by atoms with Gasteiger partial charge in [0.15, 0.2) is 0 Å². The number of piperazine rings is 1. The minimum absolute atomic E-state index is 0. The molecule has 7 heteroatoms. The van der Waals surface area contributed by atoms with Crippen molar-refractivity contribution < 1.29 is 8.42 Å². The molecule has 1 aromatic heterocycles. The van der Waals surface area contributed by atoms with Gasteiger partial charge in [-0.2, -0.15) is 4.31 Å². The SMILES string of the molecule is Cc1cc(S(=O)(=O)N2CCNCC2)c(C)s1.Cl. The predicted octanol–water partition coefficient (Wildman–Crippen LogP) is 1.38. The molecule has 1 aromatic rings. The third-order valence-electron chi connectivity index (χ3n) is 2.69. The highest BCUT2D eigenvalue weighted by molar-refractivity contribution is 7.89. The van der Waals surface area contributed by atoms with E-state index in [1.165, 1.54) is 11.3 Å². The van der Waals surface area contributed by atoms with Crippen LogP contribution in [0, 0.1) is 13.8 Å². The topological polar surface area (TPSA) is 49.4 Å². The third-order valence-corrected chi connectivity index (χ3v) is 5.81. The normalized spacial score (nSPS) is 17.8. The smallest absolute Gasteiger partial charge is 0.244 e. The minimum Gasteiger partial charge on any atom is -0.314 e. The summed E-state index contributed by atoms with van der Waals surface area (Å²) in [5.74, 6) is 0. The third kappa shape index (κ3) is 3.00. The zero-order valence-electron chi connectivity index (χ0n) is 9.89. The molecule has 1 aliphatic heterocycles. The molecular formula is C10H17ClN2O2S2. The van der Waals surface area contributed by atoms with Crippen LogP contribution in [0.3, 0.4) is 0 Å². The quantitative estimate of drug-likeness (QED) is 0.897. The van der Waals surface area contributed by atoms with Crippen molar-refractivity contribution >= 4 is 33.8 Å². The maximum atomic E-state index is 12.3. The summed E-state index contributed by atoms with van der Waals surface area (Å²) < 4.78 is 26.2. The van der Waals surface area contributed by atoms with Crippen LogP contribution in [0.1, 0.15) is 9.75 Å². The Kier molecular flexibility index (Phi) is 4.97. The van der Waals surface area contributed by atoms with Gasteiger partial charge < -0.3 is 5.32 Å². The summed E-state index contributed by atoms with van der Waals surface area (Å²) in [6.07, 6.45) is 0. The Bertz CT molecular complexity index is 478. The van der Waals surface area contributed by atoms with Crippen LogP contribution in [0.2, 0.25) is 0 Å². The molecule has 0 saturated carbocycles. The van der Waals surface area contributed by atoms with Crippen molar-refractivity contribution in [3.05, 3.63) is 15.8 Å². The summed E-state index contributed by atoms with van der Waals surface area (Å²) in [4.78, 5) is 2.42. The summed E-state index contributed by atoms with van der Waals surface area (Å²) in [7, 11) is -3.27. The van der Waals surface area contributed by atoms with E-state index in [-0.39, 0.29) is 12.4 Å². The molecule has 1 N–H and O–H groups in total. The first-order chi connectivity index (χ1) is 7.51. The van der Waals surface area contributed by atoms with Crippen LogP contribution >= 0.6 is 23.7 Å². The van der Waals surface area contributed by atoms with Gasteiger partial charge in [-0.15, -0.1) is 23.7 Å². The molecule has 0 amide bonds. The molecule has 98 valence electrons. The number of halogens is 1. The minimum atomic E-state index is -3.27. The number of nitrogens with zero attached hydrogens (tertiary/aromatic N) is 1. The Morgan fingerprint density at radius 2 is 1.88 bits per heavy atom. The fraction of sp³-hybridized carbons (Fsp3) is 0.600. The number of thiophene rings is 1. The van der Waals surface area contributed by atoms with Crippen molar-refractivity contribution in [2.24, 2.45) is 0 Å². The predicted molar refractivity (Wildman–Crippen MR) is 72.7 cm³/mol. The van der Waals surface area contributed by atoms with Gasteiger partial charge in [0.05, 0.1) is 4.90 Å². The van der Waals surface area contributed by atoms with Gasteiger partial charge in [0.1, 0.15) is 0 Å². The molecule has 17 heavy (non-hydrogen) atoms. The molecular weight excluding hydrogens is 280 g/mol. The molecule has 0 bridgehead atoms. The van der Waals surface area contributed by atoms with E-state index in [0.29, 0.717) is 18.0 Å². The van der Waals surface area contributed by atoms with Crippen molar-refractivity contribution in [3.8, 4) is 0 Å². The van der Waals surface area contributed by atoms with Gasteiger partial charge in [0.25, 0.3) is 0 Å². The van der Waals surface area contributed by atoms with E-state index >= 15 is 0 Å². The van der Waals surface area contributed by atoms with Crippen LogP contribution in [0.4, 0.5) is 0 Å². The monoisotopic (exact) mass is 296 g/mol. The van der Waals surface area contributed by atoms with Crippen LogP contribution in [0.5, 0.6) is 0 Å². The highest BCUT2D eigenvalue weighted by atomic mass is 35.5. The number of nitrogens with one attached hydrogen (secondary N) is 1. The average molecular weight is 297 g/mol. The number of sulfonamides is 1. The number of hydrogen-bond acceptors (Lipinski definition) is 4. The highest BCUT2D eigenvalue weighted by Gasteiger charge is 2.28. The van der Waals surface area contributed by atoms with E-state index in [0.717, 1.165) is 22.8 Å². The Morgan fingerprint density at radius 1 is 1.29 bits per heavy atom. The van der Waals surface area contributed by atoms with Crippen molar-refractivity contribution in [3.63, 3.8) is 0 Å². The Morgan fingerprint density at radius 3 is 2.35 bits per heavy atom. The van der Waals surface area contributed by atoms with Gasteiger partial charge in [-0.1, -0.05) is 0 Å². The maximum absolute atomic E-state index is 12.3. The first-order valence-electron chi connectivity index (χ1n) is 5.30. The lowest BCUT2D eigenvalue weighted by Crippen LogP contribution is -2.46. The van der Waals surface area contributed by atoms with Gasteiger partial charge in [0.2, 0.25) is 10.0 Å². The molecule has 0 spiro atoms. The van der Waals surface area contributed by atoms with Crippen molar-refractivity contribution in [2.45, 2.75) is 18.7 Å². The van der Waals surface area contributed by atoms with E-state index < -0.39 is 10.0 Å². The van der Waals surface area contributed by atoms with Crippen LogP contribution in [0.25, 0.3) is 0 Å². The molecule has 0 aliphatic carbocycles. The molecule has 1 aliphatic rings. The lowest BCUT2D eigenvalue weighted by atomic mass is 10.4. The summed E-state index contributed by atoms with van der Waals surface area (Å²) in [6.45, 7) is 6.41. The lowest BCUT2D eigenvalue weighted by molar-refractivity contribution is 0.360. The fourth-order valence-corrected chi connectivity index (χ4v) is 4.85. The van der Waals surface area contributed by atoms with Crippen molar-refractivity contribution in [2.75, 3.05) is 26.2 Å². The lowest BCUT2D eigenvalue weighted by Gasteiger charge is -2.26. The molecule has 0 radical (unpaired) electrons. The van der Waals surface area contributed by atoms with E-state index in [1.807, 2.05) is 13.8 Å². The van der Waals surface area contributed by atoms with Gasteiger partial charge >= 0.3 is 0 Å². The van der Waals surface area contributed by atoms with Gasteiger partial charge in [-0.3, -0.25) is 0 Å². The van der Waals surface area contributed by atoms with Crippen LogP contribution in [-0.4, -0.2) is 38.9 Å². The summed E-state index contributed by atoms with van der Waals surface area (Å²) in [6, 6.07) is 1.78. The molecule has 0 atom stereocenters. The largest absolute Gasteiger partial charge is 0.314 e. The second-order valence-electron chi connectivity index (χ2n) is 3.93. The Hall–Kier alpha value is -0.140. The van der Waals surface area contributed by atoms with Crippen molar-refractivity contribution in [1.29, 1.82) is 0 Å². The standard InChI is InChI=1S/C10H16N2O2S2.ClH/c1-8-7-10(9(2)15-8)16(13,14)12-5-3-11-4-6-12;/h7,11H,3-6H2,1-2H3;1H. The van der Waals surface area contributed by atoms with E-state index in [2.05, 4.69) is 5.32 Å². The number of aryl methyl sites for hydroxylation is 2. The molecule has 2 rings (SSSR count). The van der Waals surface area contributed by atoms with Gasteiger partial charge in [-0.05, 0) is 19.9 Å². The molecule has 2 heterocycles. The van der Waals surface area contributed by atoms with E-state index in [4.69, 9.17) is 0 Å². The molecule has 1 fully saturated rings. The second-order valence-corrected chi connectivity index (χ2v) is 7.30. The fourth-order valence-electron chi connectivity index (χ4n) is 1.89. The molecule has 0 aromatic carbocycles. The van der Waals surface area contributed by atoms with Crippen molar-refractivity contribution in [1.82, 2.24) is 9.62 Å². The number of rotatable bonds is 2. The summed E-state index contributed by atoms with van der Waals surface area (Å²) in [5.41, 5.74) is 0. The molecule has 0 unspecified atom stereocenters. The first kappa shape index (κ1) is 14.9. The average Bonchev–Trinajstić information content (AvgIpc) is 2.60. The van der Waals surface area contributed by atoms with Crippen LogP contribution in [0.15, 0.2) is 11.0 Å². The maximum Gasteiger partial charge on any atom is 0.244 e. The Labute approximate surface area is 112 Å². The van der Waals surface area contributed by atoms with Gasteiger partial charge in [-0.25, -0.2) is 8.42 Å². The highest BCUT2D eigenvalue weighted by Crippen LogP contribution is 2.27. The number of hydrogen-bond donors (Lipinski definition) is 1. The van der Waals surface area contributed by atoms with Crippen LogP contribution < -0.4 is 5.32 Å². The van der Waals surface area contributed by atoms with E-state index in [1.54, 1.807) is 10.4 Å². The van der Waals surface area contributed by atoms with E-state index in [9.17, 15) is 8.42 Å². The molecule has 4 nitrogen and oxygen atoms in total. The summed E-state index contributed by atoms with van der Waals surface area (Å²) in [5, 5.41) is 3.15.